The topological polar surface area (TPSA) is 94.1 Å². The van der Waals surface area contributed by atoms with Crippen LogP contribution in [0.4, 0.5) is 5.82 Å². The summed E-state index contributed by atoms with van der Waals surface area (Å²) in [6, 6.07) is 6.76. The number of halogens is 1. The van der Waals surface area contributed by atoms with E-state index in [2.05, 4.69) is 4.98 Å². The maximum atomic E-state index is 11.1. The molecule has 0 spiro atoms. The Morgan fingerprint density at radius 2 is 2.11 bits per heavy atom. The number of nitrogens with one attached hydrogen (secondary N) is 1. The van der Waals surface area contributed by atoms with E-state index in [1.54, 1.807) is 24.3 Å². The Bertz CT molecular complexity index is 607. The number of aromatic amines is 1. The van der Waals surface area contributed by atoms with E-state index in [1.165, 1.54) is 7.11 Å². The first kappa shape index (κ1) is 12.3. The van der Waals surface area contributed by atoms with Gasteiger partial charge in [0.05, 0.1) is 18.4 Å². The fourth-order valence-corrected chi connectivity index (χ4v) is 1.87. The van der Waals surface area contributed by atoms with Crippen molar-refractivity contribution in [2.45, 2.75) is 0 Å². The molecule has 1 aromatic carbocycles. The molecule has 1 heterocycles. The SMILES string of the molecule is COc1cc(Cl)ccc1-c1cc(C(N)=O)c(N)[nH]1. The Kier molecular flexibility index (Phi) is 3.16. The molecule has 1 aromatic heterocycles. The van der Waals surface area contributed by atoms with E-state index < -0.39 is 5.91 Å². The van der Waals surface area contributed by atoms with Crippen LogP contribution in [0.25, 0.3) is 11.3 Å². The number of benzene rings is 1. The average molecular weight is 266 g/mol. The molecule has 94 valence electrons. The Balaban J connectivity index is 2.55. The summed E-state index contributed by atoms with van der Waals surface area (Å²) in [4.78, 5) is 14.0. The zero-order valence-electron chi connectivity index (χ0n) is 9.66. The van der Waals surface area contributed by atoms with E-state index in [1.807, 2.05) is 0 Å². The standard InChI is InChI=1S/C12H12ClN3O2/c1-18-10-4-6(13)2-3-7(10)9-5-8(12(15)17)11(14)16-9/h2-5,16H,14H2,1H3,(H2,15,17). The second kappa shape index (κ2) is 4.62. The van der Waals surface area contributed by atoms with Gasteiger partial charge in [0, 0.05) is 10.6 Å². The highest BCUT2D eigenvalue weighted by Crippen LogP contribution is 2.33. The predicted octanol–water partition coefficient (Wildman–Crippen LogP) is 2.02. The largest absolute Gasteiger partial charge is 0.496 e. The molecule has 1 amide bonds. The second-order valence-electron chi connectivity index (χ2n) is 3.72. The van der Waals surface area contributed by atoms with E-state index in [9.17, 15) is 4.79 Å². The molecule has 0 radical (unpaired) electrons. The molecule has 0 aliphatic carbocycles. The molecule has 2 rings (SSSR count). The van der Waals surface area contributed by atoms with Crippen molar-refractivity contribution in [3.8, 4) is 17.0 Å². The fraction of sp³-hybridized carbons (Fsp3) is 0.0833. The zero-order valence-corrected chi connectivity index (χ0v) is 10.4. The third-order valence-corrected chi connectivity index (χ3v) is 2.80. The lowest BCUT2D eigenvalue weighted by Gasteiger charge is -2.07. The second-order valence-corrected chi connectivity index (χ2v) is 4.16. The number of carbonyl (C=O) groups excluding carboxylic acids is 1. The summed E-state index contributed by atoms with van der Waals surface area (Å²) in [6.45, 7) is 0. The number of hydrogen-bond donors (Lipinski definition) is 3. The minimum absolute atomic E-state index is 0.231. The van der Waals surface area contributed by atoms with Crippen molar-refractivity contribution < 1.29 is 9.53 Å². The van der Waals surface area contributed by atoms with Gasteiger partial charge in [0.15, 0.2) is 0 Å². The minimum atomic E-state index is -0.581. The van der Waals surface area contributed by atoms with Crippen LogP contribution in [0.5, 0.6) is 5.75 Å². The lowest BCUT2D eigenvalue weighted by molar-refractivity contribution is 0.100. The van der Waals surface area contributed by atoms with E-state index in [0.717, 1.165) is 5.56 Å². The van der Waals surface area contributed by atoms with Gasteiger partial charge in [0.2, 0.25) is 0 Å². The number of nitrogens with two attached hydrogens (primary N) is 2. The van der Waals surface area contributed by atoms with E-state index in [4.69, 9.17) is 27.8 Å². The van der Waals surface area contributed by atoms with Gasteiger partial charge in [-0.15, -0.1) is 0 Å². The first-order valence-electron chi connectivity index (χ1n) is 5.15. The van der Waals surface area contributed by atoms with Gasteiger partial charge in [0.25, 0.3) is 5.91 Å². The monoisotopic (exact) mass is 265 g/mol. The van der Waals surface area contributed by atoms with Gasteiger partial charge >= 0.3 is 0 Å². The number of amides is 1. The normalized spacial score (nSPS) is 10.3. The molecule has 0 fully saturated rings. The van der Waals surface area contributed by atoms with Crippen molar-refractivity contribution in [2.75, 3.05) is 12.8 Å². The van der Waals surface area contributed by atoms with Crippen LogP contribution in [0.15, 0.2) is 24.3 Å². The number of aromatic nitrogens is 1. The Morgan fingerprint density at radius 1 is 1.39 bits per heavy atom. The van der Waals surface area contributed by atoms with Crippen LogP contribution in [0.1, 0.15) is 10.4 Å². The maximum Gasteiger partial charge on any atom is 0.252 e. The summed E-state index contributed by atoms with van der Waals surface area (Å²) in [7, 11) is 1.54. The fourth-order valence-electron chi connectivity index (χ4n) is 1.71. The molecule has 5 N–H and O–H groups in total. The number of carbonyl (C=O) groups is 1. The molecule has 0 saturated carbocycles. The molecule has 5 nitrogen and oxygen atoms in total. The summed E-state index contributed by atoms with van der Waals surface area (Å²) in [5, 5.41) is 0.560. The smallest absolute Gasteiger partial charge is 0.252 e. The molecule has 0 unspecified atom stereocenters. The number of hydrogen-bond acceptors (Lipinski definition) is 3. The summed E-state index contributed by atoms with van der Waals surface area (Å²) in [6.07, 6.45) is 0. The number of primary amides is 1. The highest BCUT2D eigenvalue weighted by molar-refractivity contribution is 6.30. The summed E-state index contributed by atoms with van der Waals surface area (Å²) in [5.74, 6) is 0.234. The van der Waals surface area contributed by atoms with Crippen LogP contribution in [-0.2, 0) is 0 Å². The first-order chi connectivity index (χ1) is 8.52. The average Bonchev–Trinajstić information content (AvgIpc) is 2.71. The van der Waals surface area contributed by atoms with Crippen molar-refractivity contribution in [3.63, 3.8) is 0 Å². The number of nitrogen functional groups attached to an aromatic ring is 1. The third kappa shape index (κ3) is 2.12. The van der Waals surface area contributed by atoms with Gasteiger partial charge in [-0.1, -0.05) is 11.6 Å². The number of H-pyrrole nitrogens is 1. The molecule has 2 aromatic rings. The van der Waals surface area contributed by atoms with Crippen molar-refractivity contribution in [3.05, 3.63) is 34.9 Å². The van der Waals surface area contributed by atoms with Gasteiger partial charge in [-0.05, 0) is 24.3 Å². The number of rotatable bonds is 3. The van der Waals surface area contributed by atoms with E-state index >= 15 is 0 Å². The van der Waals surface area contributed by atoms with Crippen molar-refractivity contribution in [1.29, 1.82) is 0 Å². The Hall–Kier alpha value is -2.14. The molecule has 0 aliphatic heterocycles. The van der Waals surface area contributed by atoms with Crippen LogP contribution in [0.3, 0.4) is 0 Å². The molecule has 18 heavy (non-hydrogen) atoms. The highest BCUT2D eigenvalue weighted by atomic mass is 35.5. The number of methoxy groups -OCH3 is 1. The molecule has 0 atom stereocenters. The Labute approximate surface area is 109 Å². The quantitative estimate of drug-likeness (QED) is 0.792. The molecular formula is C12H12ClN3O2. The molecule has 0 bridgehead atoms. The van der Waals surface area contributed by atoms with Crippen molar-refractivity contribution in [2.24, 2.45) is 5.73 Å². The van der Waals surface area contributed by atoms with Crippen molar-refractivity contribution >= 4 is 23.3 Å². The lowest BCUT2D eigenvalue weighted by atomic mass is 10.1. The Morgan fingerprint density at radius 3 is 2.67 bits per heavy atom. The van der Waals surface area contributed by atoms with E-state index in [0.29, 0.717) is 16.5 Å². The van der Waals surface area contributed by atoms with Crippen LogP contribution < -0.4 is 16.2 Å². The molecule has 0 saturated heterocycles. The number of ether oxygens (including phenoxy) is 1. The van der Waals surface area contributed by atoms with Crippen LogP contribution in [0, 0.1) is 0 Å². The van der Waals surface area contributed by atoms with E-state index in [-0.39, 0.29) is 11.4 Å². The van der Waals surface area contributed by atoms with Crippen molar-refractivity contribution in [1.82, 2.24) is 4.98 Å². The molecular weight excluding hydrogens is 254 g/mol. The van der Waals surface area contributed by atoms with Crippen LogP contribution in [0.2, 0.25) is 5.02 Å². The van der Waals surface area contributed by atoms with Crippen LogP contribution in [-0.4, -0.2) is 18.0 Å². The number of anilines is 1. The molecule has 6 heteroatoms. The van der Waals surface area contributed by atoms with Crippen LogP contribution >= 0.6 is 11.6 Å². The summed E-state index contributed by atoms with van der Waals surface area (Å²) < 4.78 is 5.23. The van der Waals surface area contributed by atoms with Gasteiger partial charge in [-0.2, -0.15) is 0 Å². The summed E-state index contributed by atoms with van der Waals surface area (Å²) >= 11 is 5.88. The lowest BCUT2D eigenvalue weighted by Crippen LogP contribution is -2.11. The minimum Gasteiger partial charge on any atom is -0.496 e. The predicted molar refractivity (Wildman–Crippen MR) is 70.7 cm³/mol. The zero-order chi connectivity index (χ0) is 13.3. The van der Waals surface area contributed by atoms with Gasteiger partial charge in [0.1, 0.15) is 11.6 Å². The van der Waals surface area contributed by atoms with Gasteiger partial charge in [-0.25, -0.2) is 0 Å². The van der Waals surface area contributed by atoms with Gasteiger partial charge < -0.3 is 21.2 Å². The van der Waals surface area contributed by atoms with Gasteiger partial charge in [-0.3, -0.25) is 4.79 Å². The first-order valence-corrected chi connectivity index (χ1v) is 5.53. The maximum absolute atomic E-state index is 11.1. The molecule has 0 aliphatic rings. The summed E-state index contributed by atoms with van der Waals surface area (Å²) in [5.41, 5.74) is 12.5. The highest BCUT2D eigenvalue weighted by Gasteiger charge is 2.14. The third-order valence-electron chi connectivity index (χ3n) is 2.57.